The minimum absolute atomic E-state index is 0.0253. The van der Waals surface area contributed by atoms with Gasteiger partial charge in [0.25, 0.3) is 5.91 Å². The van der Waals surface area contributed by atoms with E-state index in [1.165, 1.54) is 0 Å². The van der Waals surface area contributed by atoms with E-state index in [9.17, 15) is 4.79 Å². The number of piperidine rings is 1. The molecule has 0 aliphatic carbocycles. The van der Waals surface area contributed by atoms with Crippen molar-refractivity contribution in [3.05, 3.63) is 45.9 Å². The second-order valence-electron chi connectivity index (χ2n) is 6.89. The number of thiazole rings is 1. The molecule has 0 saturated carbocycles. The SMILES string of the molecule is Cc1nc(CSc2ccccc2C(=O)NCC2(C)CCNCC2)cs1. The van der Waals surface area contributed by atoms with Crippen LogP contribution in [0.15, 0.2) is 34.5 Å². The maximum Gasteiger partial charge on any atom is 0.252 e. The van der Waals surface area contributed by atoms with Crippen LogP contribution in [0.3, 0.4) is 0 Å². The van der Waals surface area contributed by atoms with Crippen LogP contribution in [-0.4, -0.2) is 30.5 Å². The molecule has 1 fully saturated rings. The molecule has 2 N–H and O–H groups in total. The summed E-state index contributed by atoms with van der Waals surface area (Å²) in [4.78, 5) is 18.2. The summed E-state index contributed by atoms with van der Waals surface area (Å²) in [5, 5.41) is 9.71. The molecular weight excluding hydrogens is 350 g/mol. The molecule has 0 bridgehead atoms. The summed E-state index contributed by atoms with van der Waals surface area (Å²) in [5.74, 6) is 0.815. The van der Waals surface area contributed by atoms with Crippen molar-refractivity contribution in [2.45, 2.75) is 37.3 Å². The summed E-state index contributed by atoms with van der Waals surface area (Å²) < 4.78 is 0. The van der Waals surface area contributed by atoms with Crippen LogP contribution in [0, 0.1) is 12.3 Å². The van der Waals surface area contributed by atoms with Gasteiger partial charge in [0.1, 0.15) is 0 Å². The normalized spacial score (nSPS) is 16.6. The zero-order valence-corrected chi connectivity index (χ0v) is 16.4. The lowest BCUT2D eigenvalue weighted by atomic mass is 9.81. The fourth-order valence-electron chi connectivity index (χ4n) is 3.00. The van der Waals surface area contributed by atoms with Crippen LogP contribution in [0.5, 0.6) is 0 Å². The van der Waals surface area contributed by atoms with Crippen LogP contribution < -0.4 is 10.6 Å². The quantitative estimate of drug-likeness (QED) is 0.753. The van der Waals surface area contributed by atoms with Gasteiger partial charge in [0, 0.05) is 22.6 Å². The molecular formula is C19H25N3OS2. The highest BCUT2D eigenvalue weighted by atomic mass is 32.2. The van der Waals surface area contributed by atoms with E-state index >= 15 is 0 Å². The Balaban J connectivity index is 1.62. The summed E-state index contributed by atoms with van der Waals surface area (Å²) in [7, 11) is 0. The van der Waals surface area contributed by atoms with Crippen molar-refractivity contribution in [3.63, 3.8) is 0 Å². The molecule has 1 aliphatic heterocycles. The van der Waals surface area contributed by atoms with E-state index in [1.807, 2.05) is 31.2 Å². The van der Waals surface area contributed by atoms with Gasteiger partial charge in [-0.05, 0) is 50.4 Å². The van der Waals surface area contributed by atoms with E-state index in [4.69, 9.17) is 0 Å². The van der Waals surface area contributed by atoms with Gasteiger partial charge in [0.2, 0.25) is 0 Å². The van der Waals surface area contributed by atoms with E-state index in [-0.39, 0.29) is 11.3 Å². The Morgan fingerprint density at radius 1 is 1.36 bits per heavy atom. The minimum atomic E-state index is 0.0253. The van der Waals surface area contributed by atoms with Gasteiger partial charge in [0.15, 0.2) is 0 Å². The standard InChI is InChI=1S/C19H25N3OS2/c1-14-22-15(11-24-14)12-25-17-6-4-3-5-16(17)18(23)21-13-19(2)7-9-20-10-8-19/h3-6,11,20H,7-10,12-13H2,1-2H3,(H,21,23). The van der Waals surface area contributed by atoms with E-state index in [0.717, 1.165) is 59.4 Å². The summed E-state index contributed by atoms with van der Waals surface area (Å²) >= 11 is 3.34. The van der Waals surface area contributed by atoms with E-state index in [2.05, 4.69) is 27.9 Å². The lowest BCUT2D eigenvalue weighted by Gasteiger charge is -2.34. The Morgan fingerprint density at radius 2 is 2.12 bits per heavy atom. The lowest BCUT2D eigenvalue weighted by Crippen LogP contribution is -2.43. The summed E-state index contributed by atoms with van der Waals surface area (Å²) in [6.07, 6.45) is 2.21. The number of hydrogen-bond acceptors (Lipinski definition) is 5. The van der Waals surface area contributed by atoms with Gasteiger partial charge in [-0.2, -0.15) is 0 Å². The maximum atomic E-state index is 12.7. The first kappa shape index (κ1) is 18.4. The average Bonchev–Trinajstić information content (AvgIpc) is 3.04. The average molecular weight is 376 g/mol. The number of amides is 1. The molecule has 1 aromatic carbocycles. The van der Waals surface area contributed by atoms with Crippen molar-refractivity contribution in [2.75, 3.05) is 19.6 Å². The summed E-state index contributed by atoms with van der Waals surface area (Å²) in [6.45, 7) is 7.08. The smallest absolute Gasteiger partial charge is 0.252 e. The van der Waals surface area contributed by atoms with Gasteiger partial charge < -0.3 is 10.6 Å². The van der Waals surface area contributed by atoms with E-state index in [1.54, 1.807) is 23.1 Å². The topological polar surface area (TPSA) is 54.0 Å². The fourth-order valence-corrected chi connectivity index (χ4v) is 4.66. The Morgan fingerprint density at radius 3 is 2.84 bits per heavy atom. The molecule has 0 unspecified atom stereocenters. The highest BCUT2D eigenvalue weighted by molar-refractivity contribution is 7.98. The molecule has 25 heavy (non-hydrogen) atoms. The largest absolute Gasteiger partial charge is 0.351 e. The number of nitrogens with one attached hydrogen (secondary N) is 2. The highest BCUT2D eigenvalue weighted by Crippen LogP contribution is 2.29. The van der Waals surface area contributed by atoms with E-state index in [0.29, 0.717) is 0 Å². The Bertz CT molecular complexity index is 723. The first-order valence-corrected chi connectivity index (χ1v) is 10.5. The van der Waals surface area contributed by atoms with Gasteiger partial charge in [-0.1, -0.05) is 19.1 Å². The second-order valence-corrected chi connectivity index (χ2v) is 8.97. The molecule has 2 aromatic rings. The van der Waals surface area contributed by atoms with Gasteiger partial charge in [-0.25, -0.2) is 4.98 Å². The molecule has 0 atom stereocenters. The fraction of sp³-hybridized carbons (Fsp3) is 0.474. The maximum absolute atomic E-state index is 12.7. The molecule has 1 saturated heterocycles. The molecule has 4 nitrogen and oxygen atoms in total. The van der Waals surface area contributed by atoms with Gasteiger partial charge >= 0.3 is 0 Å². The summed E-state index contributed by atoms with van der Waals surface area (Å²) in [5.41, 5.74) is 2.03. The van der Waals surface area contributed by atoms with Crippen LogP contribution >= 0.6 is 23.1 Å². The number of nitrogens with zero attached hydrogens (tertiary/aromatic N) is 1. The number of thioether (sulfide) groups is 1. The second kappa shape index (κ2) is 8.34. The van der Waals surface area contributed by atoms with Crippen molar-refractivity contribution in [2.24, 2.45) is 5.41 Å². The Labute approximate surface area is 157 Å². The number of aromatic nitrogens is 1. The van der Waals surface area contributed by atoms with Gasteiger partial charge in [-0.3, -0.25) is 4.79 Å². The number of aryl methyl sites for hydroxylation is 1. The lowest BCUT2D eigenvalue weighted by molar-refractivity contribution is 0.0919. The zero-order chi connectivity index (χ0) is 17.7. The highest BCUT2D eigenvalue weighted by Gasteiger charge is 2.27. The number of rotatable bonds is 6. The van der Waals surface area contributed by atoms with Crippen LogP contribution in [-0.2, 0) is 5.75 Å². The molecule has 1 aliphatic rings. The third-order valence-electron chi connectivity index (χ3n) is 4.66. The molecule has 0 spiro atoms. The van der Waals surface area contributed by atoms with Gasteiger partial charge in [-0.15, -0.1) is 23.1 Å². The van der Waals surface area contributed by atoms with Gasteiger partial charge in [0.05, 0.1) is 16.3 Å². The molecule has 1 aromatic heterocycles. The van der Waals surface area contributed by atoms with Crippen molar-refractivity contribution in [1.29, 1.82) is 0 Å². The molecule has 2 heterocycles. The first-order valence-electron chi connectivity index (χ1n) is 8.67. The first-order chi connectivity index (χ1) is 12.1. The van der Waals surface area contributed by atoms with Crippen molar-refractivity contribution < 1.29 is 4.79 Å². The zero-order valence-electron chi connectivity index (χ0n) is 14.8. The molecule has 3 rings (SSSR count). The predicted molar refractivity (Wildman–Crippen MR) is 105 cm³/mol. The number of benzene rings is 1. The molecule has 134 valence electrons. The number of carbonyl (C=O) groups excluding carboxylic acids is 1. The Kier molecular flexibility index (Phi) is 6.15. The van der Waals surface area contributed by atoms with E-state index < -0.39 is 0 Å². The Hall–Kier alpha value is -1.37. The monoisotopic (exact) mass is 375 g/mol. The molecule has 6 heteroatoms. The molecule has 0 radical (unpaired) electrons. The number of carbonyl (C=O) groups is 1. The number of hydrogen-bond donors (Lipinski definition) is 2. The van der Waals surface area contributed by atoms with Crippen LogP contribution in [0.2, 0.25) is 0 Å². The third-order valence-corrected chi connectivity index (χ3v) is 6.59. The van der Waals surface area contributed by atoms with Crippen molar-refractivity contribution in [3.8, 4) is 0 Å². The van der Waals surface area contributed by atoms with Crippen molar-refractivity contribution in [1.82, 2.24) is 15.6 Å². The van der Waals surface area contributed by atoms with Crippen LogP contribution in [0.1, 0.15) is 40.8 Å². The third kappa shape index (κ3) is 5.06. The van der Waals surface area contributed by atoms with Crippen molar-refractivity contribution >= 4 is 29.0 Å². The molecule has 1 amide bonds. The predicted octanol–water partition coefficient (Wildman–Crippen LogP) is 3.86. The van der Waals surface area contributed by atoms with Crippen LogP contribution in [0.25, 0.3) is 0 Å². The summed E-state index contributed by atoms with van der Waals surface area (Å²) in [6, 6.07) is 7.84. The minimum Gasteiger partial charge on any atom is -0.351 e. The van der Waals surface area contributed by atoms with Crippen LogP contribution in [0.4, 0.5) is 0 Å².